The first kappa shape index (κ1) is 31.1. The molecule has 7 aromatic rings. The third kappa shape index (κ3) is 5.23. The maximum Gasteiger partial charge on any atom is 0.252 e. The summed E-state index contributed by atoms with van der Waals surface area (Å²) in [6, 6.07) is 51.0. The maximum absolute atomic E-state index is 4.89. The zero-order chi connectivity index (χ0) is 34.6. The maximum atomic E-state index is 4.89. The molecule has 0 spiro atoms. The van der Waals surface area contributed by atoms with E-state index in [2.05, 4.69) is 177 Å². The lowest BCUT2D eigenvalue weighted by molar-refractivity contribution is 0.863. The van der Waals surface area contributed by atoms with Crippen molar-refractivity contribution in [2.24, 2.45) is 0 Å². The molecule has 2 aliphatic heterocycles. The van der Waals surface area contributed by atoms with Gasteiger partial charge in [-0.25, -0.2) is 0 Å². The summed E-state index contributed by atoms with van der Waals surface area (Å²) in [5, 5.41) is 0. The van der Waals surface area contributed by atoms with E-state index < -0.39 is 0 Å². The number of hydrogen-bond acceptors (Lipinski definition) is 4. The Morgan fingerprint density at radius 3 is 1.33 bits per heavy atom. The van der Waals surface area contributed by atoms with Crippen LogP contribution < -0.4 is 26.2 Å². The van der Waals surface area contributed by atoms with Crippen LogP contribution in [0.15, 0.2) is 152 Å². The molecule has 0 bridgehead atoms. The lowest BCUT2D eigenvalue weighted by Gasteiger charge is -2.44. The Labute approximate surface area is 301 Å². The SMILES string of the molecule is CC(C)c1ccnc(-c2ccc3c(c2)B2c4cc(-c5cc(C(C)C)ccn5)ccc4N(c4ccccc4)c4cccc(c42)N3c2ccccc2)c1. The van der Waals surface area contributed by atoms with Gasteiger partial charge in [-0.15, -0.1) is 0 Å². The molecule has 4 nitrogen and oxygen atoms in total. The molecule has 0 radical (unpaired) electrons. The smallest absolute Gasteiger partial charge is 0.252 e. The molecule has 0 unspecified atom stereocenters. The second-order valence-corrected chi connectivity index (χ2v) is 14.3. The molecule has 0 amide bonds. The van der Waals surface area contributed by atoms with Gasteiger partial charge in [0, 0.05) is 46.5 Å². The van der Waals surface area contributed by atoms with Crippen molar-refractivity contribution in [2.75, 3.05) is 9.80 Å². The summed E-state index contributed by atoms with van der Waals surface area (Å²) in [4.78, 5) is 14.7. The molecule has 2 aromatic heterocycles. The normalized spacial score (nSPS) is 12.9. The molecule has 0 aliphatic carbocycles. The van der Waals surface area contributed by atoms with Crippen LogP contribution in [0.4, 0.5) is 34.1 Å². The Hall–Kier alpha value is -5.94. The van der Waals surface area contributed by atoms with E-state index in [1.807, 2.05) is 12.4 Å². The topological polar surface area (TPSA) is 32.3 Å². The summed E-state index contributed by atoms with van der Waals surface area (Å²) in [6.07, 6.45) is 3.90. The molecule has 0 fully saturated rings. The molecule has 5 heteroatoms. The van der Waals surface area contributed by atoms with Crippen LogP contribution in [0.3, 0.4) is 0 Å². The lowest BCUT2D eigenvalue weighted by Crippen LogP contribution is -2.61. The fourth-order valence-electron chi connectivity index (χ4n) is 7.90. The van der Waals surface area contributed by atoms with E-state index in [9.17, 15) is 0 Å². The summed E-state index contributed by atoms with van der Waals surface area (Å²) in [5.74, 6) is 0.839. The van der Waals surface area contributed by atoms with Crippen molar-refractivity contribution >= 4 is 57.2 Å². The number of fused-ring (bicyclic) bond motifs is 4. The third-order valence-electron chi connectivity index (χ3n) is 10.5. The zero-order valence-electron chi connectivity index (χ0n) is 29.5. The van der Waals surface area contributed by atoms with Gasteiger partial charge in [-0.05, 0) is 123 Å². The second-order valence-electron chi connectivity index (χ2n) is 14.3. The number of nitrogens with zero attached hydrogens (tertiary/aromatic N) is 4. The standard InChI is InChI=1S/C46H39BN4/c1-30(2)32-22-24-48-40(28-32)34-18-20-42-38(26-34)47-39-27-35(41-29-33(31(3)4)23-25-49-41)19-21-43(39)51(37-14-9-6-10-15-37)45-17-11-16-44(46(45)47)50(42)36-12-7-5-8-13-36/h5-31H,1-4H3. The minimum absolute atomic E-state index is 0.0115. The van der Waals surface area contributed by atoms with Crippen molar-refractivity contribution in [3.63, 3.8) is 0 Å². The number of anilines is 6. The Bertz CT molecular complexity index is 2240. The third-order valence-corrected chi connectivity index (χ3v) is 10.5. The number of rotatable bonds is 6. The van der Waals surface area contributed by atoms with Gasteiger partial charge in [-0.2, -0.15) is 0 Å². The zero-order valence-corrected chi connectivity index (χ0v) is 29.5. The average Bonchev–Trinajstić information content (AvgIpc) is 3.18. The Morgan fingerprint density at radius 1 is 0.451 bits per heavy atom. The van der Waals surface area contributed by atoms with Crippen molar-refractivity contribution in [2.45, 2.75) is 39.5 Å². The number of para-hydroxylation sites is 2. The molecule has 0 saturated heterocycles. The van der Waals surface area contributed by atoms with Gasteiger partial charge in [-0.1, -0.05) is 94.4 Å². The molecule has 9 rings (SSSR count). The van der Waals surface area contributed by atoms with E-state index in [0.717, 1.165) is 33.9 Å². The van der Waals surface area contributed by atoms with Crippen molar-refractivity contribution in [3.05, 3.63) is 163 Å². The highest BCUT2D eigenvalue weighted by molar-refractivity contribution is 7.00. The summed E-state index contributed by atoms with van der Waals surface area (Å²) >= 11 is 0. The van der Waals surface area contributed by atoms with E-state index in [-0.39, 0.29) is 6.71 Å². The predicted octanol–water partition coefficient (Wildman–Crippen LogP) is 10.1. The first-order valence-electron chi connectivity index (χ1n) is 18.0. The van der Waals surface area contributed by atoms with Gasteiger partial charge < -0.3 is 9.80 Å². The molecule has 2 aliphatic rings. The van der Waals surface area contributed by atoms with Crippen LogP contribution >= 0.6 is 0 Å². The number of aromatic nitrogens is 2. The molecule has 51 heavy (non-hydrogen) atoms. The predicted molar refractivity (Wildman–Crippen MR) is 215 cm³/mol. The number of hydrogen-bond donors (Lipinski definition) is 0. The molecule has 0 saturated carbocycles. The number of benzene rings is 5. The molecular weight excluding hydrogens is 619 g/mol. The monoisotopic (exact) mass is 658 g/mol. The summed E-state index contributed by atoms with van der Waals surface area (Å²) < 4.78 is 0. The highest BCUT2D eigenvalue weighted by Crippen LogP contribution is 2.44. The largest absolute Gasteiger partial charge is 0.311 e. The van der Waals surface area contributed by atoms with E-state index >= 15 is 0 Å². The fourth-order valence-corrected chi connectivity index (χ4v) is 7.90. The van der Waals surface area contributed by atoms with Crippen LogP contribution in [0.1, 0.15) is 50.7 Å². The molecule has 0 N–H and O–H groups in total. The molecule has 5 aromatic carbocycles. The van der Waals surface area contributed by atoms with Gasteiger partial charge in [0.1, 0.15) is 0 Å². The average molecular weight is 659 g/mol. The molecular formula is C46H39BN4. The fraction of sp³-hybridized carbons (Fsp3) is 0.130. The van der Waals surface area contributed by atoms with E-state index in [4.69, 9.17) is 9.97 Å². The first-order chi connectivity index (χ1) is 25.0. The van der Waals surface area contributed by atoms with Crippen molar-refractivity contribution < 1.29 is 0 Å². The molecule has 4 heterocycles. The van der Waals surface area contributed by atoms with E-state index in [1.165, 1.54) is 50.3 Å². The Kier molecular flexibility index (Phi) is 7.58. The van der Waals surface area contributed by atoms with E-state index in [1.54, 1.807) is 0 Å². The van der Waals surface area contributed by atoms with Crippen LogP contribution in [0.5, 0.6) is 0 Å². The van der Waals surface area contributed by atoms with Crippen molar-refractivity contribution in [3.8, 4) is 22.5 Å². The highest BCUT2D eigenvalue weighted by atomic mass is 15.2. The van der Waals surface area contributed by atoms with Gasteiger partial charge in [0.2, 0.25) is 0 Å². The second kappa shape index (κ2) is 12.4. The summed E-state index contributed by atoms with van der Waals surface area (Å²) in [6.45, 7) is 8.94. The van der Waals surface area contributed by atoms with Crippen LogP contribution in [-0.4, -0.2) is 16.7 Å². The minimum atomic E-state index is -0.0115. The van der Waals surface area contributed by atoms with Crippen LogP contribution in [-0.2, 0) is 0 Å². The van der Waals surface area contributed by atoms with Gasteiger partial charge in [0.05, 0.1) is 11.4 Å². The van der Waals surface area contributed by atoms with Gasteiger partial charge in [0.15, 0.2) is 0 Å². The van der Waals surface area contributed by atoms with E-state index in [0.29, 0.717) is 11.8 Å². The summed E-state index contributed by atoms with van der Waals surface area (Å²) in [5.41, 5.74) is 17.7. The highest BCUT2D eigenvalue weighted by Gasteiger charge is 2.43. The Balaban J connectivity index is 1.34. The molecule has 246 valence electrons. The van der Waals surface area contributed by atoms with Gasteiger partial charge >= 0.3 is 0 Å². The van der Waals surface area contributed by atoms with Gasteiger partial charge in [0.25, 0.3) is 6.71 Å². The van der Waals surface area contributed by atoms with Crippen LogP contribution in [0.2, 0.25) is 0 Å². The Morgan fingerprint density at radius 2 is 0.902 bits per heavy atom. The van der Waals surface area contributed by atoms with Crippen LogP contribution in [0, 0.1) is 0 Å². The van der Waals surface area contributed by atoms with Crippen LogP contribution in [0.25, 0.3) is 22.5 Å². The minimum Gasteiger partial charge on any atom is -0.311 e. The molecule has 0 atom stereocenters. The van der Waals surface area contributed by atoms with Gasteiger partial charge in [-0.3, -0.25) is 9.97 Å². The lowest BCUT2D eigenvalue weighted by atomic mass is 9.33. The number of pyridine rings is 2. The quantitative estimate of drug-likeness (QED) is 0.167. The first-order valence-corrected chi connectivity index (χ1v) is 18.0. The summed E-state index contributed by atoms with van der Waals surface area (Å²) in [7, 11) is 0. The van der Waals surface area contributed by atoms with Crippen molar-refractivity contribution in [1.82, 2.24) is 9.97 Å². The van der Waals surface area contributed by atoms with Crippen molar-refractivity contribution in [1.29, 1.82) is 0 Å².